The lowest BCUT2D eigenvalue weighted by Gasteiger charge is -2.27. The van der Waals surface area contributed by atoms with Gasteiger partial charge in [0.25, 0.3) is 0 Å². The maximum absolute atomic E-state index is 12.5. The molecule has 1 aliphatic rings. The molecular weight excluding hydrogens is 877 g/mol. The summed E-state index contributed by atoms with van der Waals surface area (Å²) >= 11 is 0. The van der Waals surface area contributed by atoms with Crippen LogP contribution in [-0.4, -0.2) is 48.6 Å². The number of unbranched alkanes of at least 4 members (excludes halogenated alkanes) is 50. The van der Waals surface area contributed by atoms with E-state index in [1.807, 2.05) is 0 Å². The van der Waals surface area contributed by atoms with Crippen molar-refractivity contribution in [2.24, 2.45) is 11.3 Å². The zero-order valence-corrected chi connectivity index (χ0v) is 47.8. The van der Waals surface area contributed by atoms with Gasteiger partial charge in [0, 0.05) is 0 Å². The van der Waals surface area contributed by atoms with Gasteiger partial charge >= 0.3 is 11.9 Å². The van der Waals surface area contributed by atoms with E-state index in [0.29, 0.717) is 6.42 Å². The third-order valence-corrected chi connectivity index (χ3v) is 16.0. The Labute approximate surface area is 443 Å². The lowest BCUT2D eigenvalue weighted by molar-refractivity contribution is -0.155. The maximum atomic E-state index is 12.5. The molecule has 0 bridgehead atoms. The molecule has 1 rings (SSSR count). The van der Waals surface area contributed by atoms with Crippen LogP contribution in [0.4, 0.5) is 0 Å². The van der Waals surface area contributed by atoms with Crippen LogP contribution in [0.1, 0.15) is 354 Å². The van der Waals surface area contributed by atoms with Gasteiger partial charge in [0.2, 0.25) is 0 Å². The molecule has 1 aliphatic heterocycles. The monoisotopic (exact) mass is 1000 g/mol. The van der Waals surface area contributed by atoms with Crippen molar-refractivity contribution in [3.05, 3.63) is 12.2 Å². The Bertz CT molecular complexity index is 1120. The number of carbonyl (C=O) groups is 2. The minimum absolute atomic E-state index is 0.00560. The van der Waals surface area contributed by atoms with Gasteiger partial charge in [0.05, 0.1) is 31.0 Å². The minimum atomic E-state index is -1.13. The first kappa shape index (κ1) is 67.6. The predicted molar refractivity (Wildman–Crippen MR) is 306 cm³/mol. The van der Waals surface area contributed by atoms with Crippen LogP contribution < -0.4 is 0 Å². The molecule has 420 valence electrons. The first-order chi connectivity index (χ1) is 35.1. The van der Waals surface area contributed by atoms with Gasteiger partial charge in [-0.1, -0.05) is 327 Å². The van der Waals surface area contributed by atoms with Gasteiger partial charge < -0.3 is 19.7 Å². The van der Waals surface area contributed by atoms with Crippen molar-refractivity contribution in [2.45, 2.75) is 354 Å². The summed E-state index contributed by atoms with van der Waals surface area (Å²) in [5.74, 6) is -1.43. The number of hydrogen-bond acceptors (Lipinski definition) is 6. The lowest BCUT2D eigenvalue weighted by atomic mass is 9.92. The van der Waals surface area contributed by atoms with Crippen LogP contribution in [-0.2, 0) is 19.1 Å². The van der Waals surface area contributed by atoms with Crippen LogP contribution in [0.3, 0.4) is 0 Å². The maximum Gasteiger partial charge on any atom is 0.309 e. The van der Waals surface area contributed by atoms with E-state index in [9.17, 15) is 19.8 Å². The molecule has 0 aromatic heterocycles. The number of ether oxygens (including phenoxy) is 2. The Morgan fingerprint density at radius 3 is 0.873 bits per heavy atom. The molecule has 71 heavy (non-hydrogen) atoms. The van der Waals surface area contributed by atoms with E-state index in [1.54, 1.807) is 0 Å². The smallest absolute Gasteiger partial charge is 0.309 e. The number of esters is 2. The Morgan fingerprint density at radius 1 is 0.366 bits per heavy atom. The summed E-state index contributed by atoms with van der Waals surface area (Å²) < 4.78 is 10.6. The Kier molecular flexibility index (Phi) is 52.2. The number of allylic oxidation sites excluding steroid dienone is 2. The SMILES string of the molecule is CCCCCCCCCCCCCCCCCCCCCCCCCCCCCCCCCCCCCCCCCCCCCCCC/C=C/CCCCCCC1CC(=O)OCC(CO)(CO)COC1=O. The van der Waals surface area contributed by atoms with Crippen molar-refractivity contribution in [1.29, 1.82) is 0 Å². The summed E-state index contributed by atoms with van der Waals surface area (Å²) in [5.41, 5.74) is -1.13. The number of aliphatic hydroxyl groups excluding tert-OH is 2. The summed E-state index contributed by atoms with van der Waals surface area (Å²) in [7, 11) is 0. The van der Waals surface area contributed by atoms with E-state index in [1.165, 1.54) is 302 Å². The standard InChI is InChI=1S/C65H124O6/c1-2-3-4-5-6-7-8-9-10-11-12-13-14-15-16-17-18-19-20-21-22-23-24-25-26-27-28-29-30-31-32-33-34-35-36-37-38-39-40-41-42-43-44-45-46-47-48-49-50-51-52-53-54-55-56-62-57-63(68)70-60-65(58-66,59-67)61-71-64(62)69/h49-50,62,66-67H,2-48,51-61H2,1H3/b50-49+. The van der Waals surface area contributed by atoms with E-state index < -0.39 is 36.5 Å². The molecule has 1 saturated heterocycles. The number of carbonyl (C=O) groups excluding carboxylic acids is 2. The molecule has 6 heteroatoms. The molecule has 6 nitrogen and oxygen atoms in total. The molecule has 1 fully saturated rings. The zero-order valence-electron chi connectivity index (χ0n) is 47.8. The Balaban J connectivity index is 1.68. The zero-order chi connectivity index (χ0) is 51.1. The van der Waals surface area contributed by atoms with Crippen LogP contribution >= 0.6 is 0 Å². The van der Waals surface area contributed by atoms with Gasteiger partial charge in [-0.25, -0.2) is 0 Å². The molecule has 0 spiro atoms. The van der Waals surface area contributed by atoms with Gasteiger partial charge in [-0.05, 0) is 32.1 Å². The van der Waals surface area contributed by atoms with E-state index in [0.717, 1.165) is 32.1 Å². The molecule has 1 atom stereocenters. The molecule has 1 heterocycles. The third kappa shape index (κ3) is 46.8. The molecule has 0 amide bonds. The van der Waals surface area contributed by atoms with E-state index >= 15 is 0 Å². The number of cyclic esters (lactones) is 2. The topological polar surface area (TPSA) is 93.1 Å². The first-order valence-electron chi connectivity index (χ1n) is 32.3. The third-order valence-electron chi connectivity index (χ3n) is 16.0. The molecule has 0 aromatic rings. The van der Waals surface area contributed by atoms with E-state index in [4.69, 9.17) is 9.47 Å². The summed E-state index contributed by atoms with van der Waals surface area (Å²) in [4.78, 5) is 24.7. The quantitative estimate of drug-likeness (QED) is 0.0358. The fourth-order valence-electron chi connectivity index (χ4n) is 10.8. The fourth-order valence-corrected chi connectivity index (χ4v) is 10.8. The van der Waals surface area contributed by atoms with Gasteiger partial charge in [-0.2, -0.15) is 0 Å². The van der Waals surface area contributed by atoms with Crippen molar-refractivity contribution in [3.63, 3.8) is 0 Å². The highest BCUT2D eigenvalue weighted by atomic mass is 16.6. The number of rotatable bonds is 56. The van der Waals surface area contributed by atoms with Crippen LogP contribution in [0, 0.1) is 11.3 Å². The van der Waals surface area contributed by atoms with Crippen LogP contribution in [0.5, 0.6) is 0 Å². The van der Waals surface area contributed by atoms with Crippen molar-refractivity contribution in [3.8, 4) is 0 Å². The minimum Gasteiger partial charge on any atom is -0.465 e. The summed E-state index contributed by atoms with van der Waals surface area (Å²) in [6.45, 7) is 1.19. The lowest BCUT2D eigenvalue weighted by Crippen LogP contribution is -2.40. The molecule has 2 N–H and O–H groups in total. The average molecular weight is 1000 g/mol. The van der Waals surface area contributed by atoms with Crippen molar-refractivity contribution in [2.75, 3.05) is 26.4 Å². The normalized spacial score (nSPS) is 15.3. The number of hydrogen-bond donors (Lipinski definition) is 2. The van der Waals surface area contributed by atoms with Gasteiger partial charge in [-0.3, -0.25) is 9.59 Å². The van der Waals surface area contributed by atoms with Crippen LogP contribution in [0.25, 0.3) is 0 Å². The molecule has 0 radical (unpaired) electrons. The highest BCUT2D eigenvalue weighted by Crippen LogP contribution is 2.25. The summed E-state index contributed by atoms with van der Waals surface area (Å²) in [6.07, 6.45) is 78.8. The first-order valence-corrected chi connectivity index (χ1v) is 32.3. The second kappa shape index (κ2) is 54.8. The molecule has 0 aliphatic carbocycles. The van der Waals surface area contributed by atoms with Gasteiger partial charge in [0.15, 0.2) is 0 Å². The Morgan fingerprint density at radius 2 is 0.606 bits per heavy atom. The van der Waals surface area contributed by atoms with Crippen molar-refractivity contribution >= 4 is 11.9 Å². The highest BCUT2D eigenvalue weighted by Gasteiger charge is 2.36. The molecule has 0 aromatic carbocycles. The van der Waals surface area contributed by atoms with Crippen molar-refractivity contribution < 1.29 is 29.3 Å². The summed E-state index contributed by atoms with van der Waals surface area (Å²) in [6, 6.07) is 0. The summed E-state index contributed by atoms with van der Waals surface area (Å²) in [5, 5.41) is 19.2. The second-order valence-corrected chi connectivity index (χ2v) is 23.1. The highest BCUT2D eigenvalue weighted by molar-refractivity contribution is 5.80. The van der Waals surface area contributed by atoms with Crippen molar-refractivity contribution in [1.82, 2.24) is 0 Å². The largest absolute Gasteiger partial charge is 0.465 e. The average Bonchev–Trinajstić information content (AvgIpc) is 3.44. The second-order valence-electron chi connectivity index (χ2n) is 23.1. The molecule has 0 saturated carbocycles. The fraction of sp³-hybridized carbons (Fsp3) is 0.938. The van der Waals surface area contributed by atoms with E-state index in [2.05, 4.69) is 19.1 Å². The number of aliphatic hydroxyl groups is 2. The predicted octanol–water partition coefficient (Wildman–Crippen LogP) is 20.3. The van der Waals surface area contributed by atoms with Gasteiger partial charge in [-0.15, -0.1) is 0 Å². The van der Waals surface area contributed by atoms with Gasteiger partial charge in [0.1, 0.15) is 13.2 Å². The van der Waals surface area contributed by atoms with Crippen LogP contribution in [0.2, 0.25) is 0 Å². The Hall–Kier alpha value is -1.40. The molecular formula is C65H124O6. The van der Waals surface area contributed by atoms with E-state index in [-0.39, 0.29) is 19.6 Å². The molecule has 1 unspecified atom stereocenters. The van der Waals surface area contributed by atoms with Crippen LogP contribution in [0.15, 0.2) is 12.2 Å².